The summed E-state index contributed by atoms with van der Waals surface area (Å²) < 4.78 is 0. The summed E-state index contributed by atoms with van der Waals surface area (Å²) in [6.45, 7) is 3.06. The first kappa shape index (κ1) is 8.68. The molecule has 1 aliphatic heterocycles. The highest BCUT2D eigenvalue weighted by Crippen LogP contribution is 2.13. The van der Waals surface area contributed by atoms with Crippen LogP contribution in [0.4, 0.5) is 0 Å². The van der Waals surface area contributed by atoms with Gasteiger partial charge < -0.3 is 10.1 Å². The molecule has 0 saturated carbocycles. The van der Waals surface area contributed by atoms with Gasteiger partial charge in [0.05, 0.1) is 6.04 Å². The van der Waals surface area contributed by atoms with Crippen molar-refractivity contribution in [3.63, 3.8) is 0 Å². The molecule has 1 aliphatic rings. The summed E-state index contributed by atoms with van der Waals surface area (Å²) in [5, 5.41) is 3.08. The first-order chi connectivity index (χ1) is 5.38. The molecule has 1 fully saturated rings. The zero-order valence-electron chi connectivity index (χ0n) is 7.05. The second-order valence-electron chi connectivity index (χ2n) is 2.99. The molecule has 0 aromatic rings. The van der Waals surface area contributed by atoms with Crippen molar-refractivity contribution < 1.29 is 4.79 Å². The molecule has 3 heteroatoms. The monoisotopic (exact) mass is 156 g/mol. The van der Waals surface area contributed by atoms with Gasteiger partial charge in [-0.1, -0.05) is 0 Å². The highest BCUT2D eigenvalue weighted by molar-refractivity contribution is 5.58. The van der Waals surface area contributed by atoms with Gasteiger partial charge >= 0.3 is 0 Å². The molecule has 1 unspecified atom stereocenters. The minimum absolute atomic E-state index is 0.198. The number of likely N-dealkylation sites (N-methyl/N-ethyl adjacent to an activating group) is 1. The van der Waals surface area contributed by atoms with Gasteiger partial charge in [-0.2, -0.15) is 0 Å². The third-order valence-corrected chi connectivity index (χ3v) is 2.22. The summed E-state index contributed by atoms with van der Waals surface area (Å²) in [7, 11) is 1.94. The van der Waals surface area contributed by atoms with Crippen LogP contribution in [0.15, 0.2) is 0 Å². The van der Waals surface area contributed by atoms with E-state index in [-0.39, 0.29) is 6.04 Å². The van der Waals surface area contributed by atoms with E-state index in [1.165, 1.54) is 6.42 Å². The number of nitrogens with one attached hydrogen (secondary N) is 1. The highest BCUT2D eigenvalue weighted by atomic mass is 16.1. The Kier molecular flexibility index (Phi) is 3.52. The number of carbonyl (C=O) groups is 1. The number of hydrogen-bond donors (Lipinski definition) is 1. The van der Waals surface area contributed by atoms with Gasteiger partial charge in [-0.25, -0.2) is 0 Å². The molecular weight excluding hydrogens is 140 g/mol. The van der Waals surface area contributed by atoms with E-state index >= 15 is 0 Å². The van der Waals surface area contributed by atoms with Crippen molar-refractivity contribution in [3.05, 3.63) is 0 Å². The van der Waals surface area contributed by atoms with E-state index in [0.717, 1.165) is 32.3 Å². The minimum atomic E-state index is 0.198. The Morgan fingerprint density at radius 3 is 3.18 bits per heavy atom. The lowest BCUT2D eigenvalue weighted by atomic mass is 10.2. The van der Waals surface area contributed by atoms with Crippen molar-refractivity contribution in [1.29, 1.82) is 0 Å². The zero-order chi connectivity index (χ0) is 8.10. The maximum absolute atomic E-state index is 10.5. The number of nitrogens with zero attached hydrogens (tertiary/aromatic N) is 1. The SMILES string of the molecule is CNCCN1CCCC1C=O. The first-order valence-electron chi connectivity index (χ1n) is 4.22. The van der Waals surface area contributed by atoms with E-state index in [0.29, 0.717) is 0 Å². The van der Waals surface area contributed by atoms with Crippen LogP contribution < -0.4 is 5.32 Å². The van der Waals surface area contributed by atoms with Crippen molar-refractivity contribution in [2.24, 2.45) is 0 Å². The number of carbonyl (C=O) groups excluding carboxylic acids is 1. The van der Waals surface area contributed by atoms with E-state index in [1.807, 2.05) is 7.05 Å². The second-order valence-corrected chi connectivity index (χ2v) is 2.99. The lowest BCUT2D eigenvalue weighted by molar-refractivity contribution is -0.111. The number of likely N-dealkylation sites (tertiary alicyclic amines) is 1. The maximum atomic E-state index is 10.5. The molecule has 64 valence electrons. The molecule has 0 aromatic heterocycles. The van der Waals surface area contributed by atoms with Gasteiger partial charge in [0, 0.05) is 13.1 Å². The molecule has 1 atom stereocenters. The van der Waals surface area contributed by atoms with E-state index < -0.39 is 0 Å². The van der Waals surface area contributed by atoms with Crippen LogP contribution in [0.5, 0.6) is 0 Å². The van der Waals surface area contributed by atoms with Crippen molar-refractivity contribution in [2.45, 2.75) is 18.9 Å². The van der Waals surface area contributed by atoms with Gasteiger partial charge in [0.15, 0.2) is 0 Å². The Balaban J connectivity index is 2.25. The summed E-state index contributed by atoms with van der Waals surface area (Å²) >= 11 is 0. The molecule has 0 radical (unpaired) electrons. The minimum Gasteiger partial charge on any atom is -0.318 e. The number of hydrogen-bond acceptors (Lipinski definition) is 3. The quantitative estimate of drug-likeness (QED) is 0.575. The van der Waals surface area contributed by atoms with Crippen LogP contribution in [-0.4, -0.2) is 43.9 Å². The Bertz CT molecular complexity index is 127. The van der Waals surface area contributed by atoms with Gasteiger partial charge in [-0.3, -0.25) is 4.90 Å². The number of aldehydes is 1. The Morgan fingerprint density at radius 1 is 1.73 bits per heavy atom. The summed E-state index contributed by atoms with van der Waals surface area (Å²) in [5.41, 5.74) is 0. The van der Waals surface area contributed by atoms with Gasteiger partial charge in [-0.15, -0.1) is 0 Å². The Morgan fingerprint density at radius 2 is 2.55 bits per heavy atom. The van der Waals surface area contributed by atoms with Crippen molar-refractivity contribution >= 4 is 6.29 Å². The van der Waals surface area contributed by atoms with Crippen molar-refractivity contribution in [1.82, 2.24) is 10.2 Å². The lowest BCUT2D eigenvalue weighted by Crippen LogP contribution is -2.35. The molecule has 0 aromatic carbocycles. The van der Waals surface area contributed by atoms with Crippen LogP contribution in [0.1, 0.15) is 12.8 Å². The third kappa shape index (κ3) is 2.27. The normalized spacial score (nSPS) is 25.7. The van der Waals surface area contributed by atoms with Crippen LogP contribution in [0.3, 0.4) is 0 Å². The van der Waals surface area contributed by atoms with E-state index in [1.54, 1.807) is 0 Å². The molecular formula is C8H16N2O. The fourth-order valence-electron chi connectivity index (χ4n) is 1.54. The Labute approximate surface area is 67.8 Å². The van der Waals surface area contributed by atoms with Crippen LogP contribution in [-0.2, 0) is 4.79 Å². The van der Waals surface area contributed by atoms with Crippen LogP contribution >= 0.6 is 0 Å². The highest BCUT2D eigenvalue weighted by Gasteiger charge is 2.22. The van der Waals surface area contributed by atoms with E-state index in [4.69, 9.17) is 0 Å². The van der Waals surface area contributed by atoms with Gasteiger partial charge in [0.25, 0.3) is 0 Å². The average Bonchev–Trinajstić information content (AvgIpc) is 2.47. The van der Waals surface area contributed by atoms with Gasteiger partial charge in [0.2, 0.25) is 0 Å². The van der Waals surface area contributed by atoms with Crippen LogP contribution in [0, 0.1) is 0 Å². The average molecular weight is 156 g/mol. The summed E-state index contributed by atoms with van der Waals surface area (Å²) in [4.78, 5) is 12.8. The van der Waals surface area contributed by atoms with E-state index in [9.17, 15) is 4.79 Å². The predicted molar refractivity (Wildman–Crippen MR) is 44.6 cm³/mol. The first-order valence-corrected chi connectivity index (χ1v) is 4.22. The molecule has 0 amide bonds. The van der Waals surface area contributed by atoms with Crippen molar-refractivity contribution in [2.75, 3.05) is 26.7 Å². The molecule has 3 nitrogen and oxygen atoms in total. The summed E-state index contributed by atoms with van der Waals surface area (Å²) in [6, 6.07) is 0.198. The van der Waals surface area contributed by atoms with Gasteiger partial charge in [0.1, 0.15) is 6.29 Å². The number of rotatable bonds is 4. The largest absolute Gasteiger partial charge is 0.318 e. The molecule has 0 aliphatic carbocycles. The molecule has 1 N–H and O–H groups in total. The fourth-order valence-corrected chi connectivity index (χ4v) is 1.54. The molecule has 11 heavy (non-hydrogen) atoms. The second kappa shape index (κ2) is 4.46. The maximum Gasteiger partial charge on any atom is 0.137 e. The predicted octanol–water partition coefficient (Wildman–Crippen LogP) is -0.131. The zero-order valence-corrected chi connectivity index (χ0v) is 7.05. The summed E-state index contributed by atoms with van der Waals surface area (Å²) in [6.07, 6.45) is 3.29. The molecule has 0 spiro atoms. The lowest BCUT2D eigenvalue weighted by Gasteiger charge is -2.18. The summed E-state index contributed by atoms with van der Waals surface area (Å²) in [5.74, 6) is 0. The Hall–Kier alpha value is -0.410. The smallest absolute Gasteiger partial charge is 0.137 e. The molecule has 0 bridgehead atoms. The van der Waals surface area contributed by atoms with Gasteiger partial charge in [-0.05, 0) is 26.4 Å². The van der Waals surface area contributed by atoms with E-state index in [2.05, 4.69) is 10.2 Å². The standard InChI is InChI=1S/C8H16N2O/c1-9-4-6-10-5-2-3-8(10)7-11/h7-9H,2-6H2,1H3. The topological polar surface area (TPSA) is 32.3 Å². The third-order valence-electron chi connectivity index (χ3n) is 2.22. The van der Waals surface area contributed by atoms with Crippen molar-refractivity contribution in [3.8, 4) is 0 Å². The van der Waals surface area contributed by atoms with Crippen LogP contribution in [0.25, 0.3) is 0 Å². The molecule has 1 rings (SSSR count). The molecule has 1 saturated heterocycles. The molecule has 1 heterocycles. The fraction of sp³-hybridized carbons (Fsp3) is 0.875. The van der Waals surface area contributed by atoms with Crippen LogP contribution in [0.2, 0.25) is 0 Å².